The number of rotatable bonds is 2. The molecule has 0 heterocycles. The highest BCUT2D eigenvalue weighted by Gasteiger charge is 2.40. The van der Waals surface area contributed by atoms with Crippen molar-refractivity contribution in [1.29, 1.82) is 0 Å². The highest BCUT2D eigenvalue weighted by atomic mass is 14.4. The van der Waals surface area contributed by atoms with Crippen LogP contribution in [0.5, 0.6) is 0 Å². The zero-order valence-corrected chi connectivity index (χ0v) is 18.2. The molecule has 0 spiro atoms. The molecule has 26 heavy (non-hydrogen) atoms. The van der Waals surface area contributed by atoms with E-state index < -0.39 is 0 Å². The van der Waals surface area contributed by atoms with Crippen LogP contribution in [0.2, 0.25) is 0 Å². The van der Waals surface area contributed by atoms with Gasteiger partial charge in [0, 0.05) is 16.4 Å². The molecule has 136 valence electrons. The van der Waals surface area contributed by atoms with E-state index in [1.54, 1.807) is 0 Å². The summed E-state index contributed by atoms with van der Waals surface area (Å²) in [6.45, 7) is 23.0. The first kappa shape index (κ1) is 18.8. The summed E-state index contributed by atoms with van der Waals surface area (Å²) in [7, 11) is 0. The monoisotopic (exact) mass is 344 g/mol. The van der Waals surface area contributed by atoms with Crippen molar-refractivity contribution in [2.45, 2.75) is 69.2 Å². The van der Waals surface area contributed by atoms with Crippen LogP contribution < -0.4 is 0 Å². The third kappa shape index (κ3) is 2.30. The molecule has 0 unspecified atom stereocenters. The Balaban J connectivity index is 2.30. The Bertz CT molecular complexity index is 844. The van der Waals surface area contributed by atoms with Crippen LogP contribution >= 0.6 is 0 Å². The lowest BCUT2D eigenvalue weighted by atomic mass is 9.72. The molecule has 0 aromatic heterocycles. The highest BCUT2D eigenvalue weighted by molar-refractivity contribution is 5.92. The fourth-order valence-electron chi connectivity index (χ4n) is 5.02. The molecule has 0 atom stereocenters. The van der Waals surface area contributed by atoms with E-state index in [1.807, 2.05) is 6.07 Å². The lowest BCUT2D eigenvalue weighted by Gasteiger charge is -2.30. The lowest BCUT2D eigenvalue weighted by molar-refractivity contribution is 0.602. The Hall–Kier alpha value is -2.00. The van der Waals surface area contributed by atoms with E-state index in [0.717, 1.165) is 0 Å². The van der Waals surface area contributed by atoms with E-state index in [4.69, 9.17) is 0 Å². The Morgan fingerprint density at radius 2 is 1.12 bits per heavy atom. The quantitative estimate of drug-likeness (QED) is 0.518. The van der Waals surface area contributed by atoms with E-state index in [-0.39, 0.29) is 10.8 Å². The molecular weight excluding hydrogens is 312 g/mol. The van der Waals surface area contributed by atoms with Gasteiger partial charge in [-0.1, -0.05) is 51.0 Å². The maximum Gasteiger partial charge on any atom is 0.0368 e. The second-order valence-corrected chi connectivity index (χ2v) is 9.14. The molecule has 0 bridgehead atoms. The smallest absolute Gasteiger partial charge is 0.0368 e. The van der Waals surface area contributed by atoms with Gasteiger partial charge in [0.05, 0.1) is 0 Å². The first-order valence-electron chi connectivity index (χ1n) is 9.66. The largest absolute Gasteiger partial charge is 0.0696 e. The lowest BCUT2D eigenvalue weighted by Crippen LogP contribution is -2.17. The zero-order valence-electron chi connectivity index (χ0n) is 18.2. The van der Waals surface area contributed by atoms with Gasteiger partial charge in [-0.05, 0) is 92.7 Å². The van der Waals surface area contributed by atoms with Crippen LogP contribution in [-0.2, 0) is 0 Å². The molecule has 0 fully saturated rings. The summed E-state index contributed by atoms with van der Waals surface area (Å²) in [5.74, 6) is 0. The van der Waals surface area contributed by atoms with Crippen LogP contribution in [0.25, 0.3) is 11.1 Å². The molecule has 2 aliphatic rings. The molecule has 0 heteroatoms. The standard InChI is InChI=1S/C26H32/c1-15-17(3)23(25(7,8)19(15)5)21-13-11-12-14-22(21)24-18(4)16(2)20(6)26(24,9)10/h11,13H,1-10H3. The summed E-state index contributed by atoms with van der Waals surface area (Å²) in [5.41, 5.74) is 14.1. The minimum Gasteiger partial charge on any atom is -0.0696 e. The highest BCUT2D eigenvalue weighted by Crippen LogP contribution is 2.56. The maximum absolute atomic E-state index is 3.51. The van der Waals surface area contributed by atoms with Crippen molar-refractivity contribution < 1.29 is 0 Å². The Kier molecular flexibility index (Phi) is 4.15. The Morgan fingerprint density at radius 3 is 1.54 bits per heavy atom. The summed E-state index contributed by atoms with van der Waals surface area (Å²) < 4.78 is 0. The van der Waals surface area contributed by atoms with Crippen molar-refractivity contribution in [3.05, 3.63) is 68.8 Å². The van der Waals surface area contributed by atoms with Gasteiger partial charge in [-0.25, -0.2) is 0 Å². The second-order valence-electron chi connectivity index (χ2n) is 9.14. The van der Waals surface area contributed by atoms with E-state index in [2.05, 4.69) is 87.4 Å². The SMILES string of the molecule is CC1=C(C)C(C)(C)C(c2c#cccc2C2=C(C)C(C)=C(C)C2(C)C)=C1C. The third-order valence-corrected chi connectivity index (χ3v) is 7.44. The minimum atomic E-state index is 0.0311. The van der Waals surface area contributed by atoms with Crippen LogP contribution in [-0.4, -0.2) is 0 Å². The van der Waals surface area contributed by atoms with Crippen LogP contribution in [0, 0.1) is 23.0 Å². The van der Waals surface area contributed by atoms with Crippen molar-refractivity contribution >= 4 is 11.1 Å². The van der Waals surface area contributed by atoms with Crippen LogP contribution in [0.15, 0.2) is 45.6 Å². The molecule has 1 aromatic rings. The van der Waals surface area contributed by atoms with Crippen molar-refractivity contribution in [2.75, 3.05) is 0 Å². The van der Waals surface area contributed by atoms with Crippen molar-refractivity contribution in [1.82, 2.24) is 0 Å². The molecule has 0 radical (unpaired) electrons. The van der Waals surface area contributed by atoms with E-state index in [1.165, 1.54) is 55.7 Å². The third-order valence-electron chi connectivity index (χ3n) is 7.44. The molecule has 0 saturated carbocycles. The van der Waals surface area contributed by atoms with Gasteiger partial charge in [-0.15, -0.1) is 0 Å². The molecule has 0 saturated heterocycles. The Morgan fingerprint density at radius 1 is 0.654 bits per heavy atom. The fraction of sp³-hybridized carbons (Fsp3) is 0.462. The van der Waals surface area contributed by atoms with Gasteiger partial charge >= 0.3 is 0 Å². The molecule has 0 N–H and O–H groups in total. The van der Waals surface area contributed by atoms with Gasteiger partial charge in [0.25, 0.3) is 0 Å². The van der Waals surface area contributed by atoms with E-state index >= 15 is 0 Å². The van der Waals surface area contributed by atoms with Gasteiger partial charge in [-0.3, -0.25) is 0 Å². The van der Waals surface area contributed by atoms with E-state index in [9.17, 15) is 0 Å². The molecule has 1 aromatic carbocycles. The number of hydrogen-bond donors (Lipinski definition) is 0. The number of hydrogen-bond acceptors (Lipinski definition) is 0. The molecule has 0 nitrogen and oxygen atoms in total. The average Bonchev–Trinajstić information content (AvgIpc) is 2.83. The second kappa shape index (κ2) is 5.75. The molecule has 2 aliphatic carbocycles. The van der Waals surface area contributed by atoms with E-state index in [0.29, 0.717) is 0 Å². The summed E-state index contributed by atoms with van der Waals surface area (Å²) in [6, 6.07) is 11.0. The van der Waals surface area contributed by atoms with Crippen LogP contribution in [0.3, 0.4) is 0 Å². The first-order chi connectivity index (χ1) is 11.9. The summed E-state index contributed by atoms with van der Waals surface area (Å²) >= 11 is 0. The van der Waals surface area contributed by atoms with Crippen molar-refractivity contribution in [2.24, 2.45) is 10.8 Å². The number of allylic oxidation sites excluding steroid dienone is 8. The van der Waals surface area contributed by atoms with Gasteiger partial charge in [0.1, 0.15) is 0 Å². The average molecular weight is 345 g/mol. The summed E-state index contributed by atoms with van der Waals surface area (Å²) in [5, 5.41) is 0. The van der Waals surface area contributed by atoms with Gasteiger partial charge in [0.2, 0.25) is 0 Å². The summed E-state index contributed by atoms with van der Waals surface area (Å²) in [4.78, 5) is 0. The minimum absolute atomic E-state index is 0.0311. The topological polar surface area (TPSA) is 0 Å². The van der Waals surface area contributed by atoms with Crippen molar-refractivity contribution in [3.63, 3.8) is 0 Å². The Labute approximate surface area is 160 Å². The van der Waals surface area contributed by atoms with Crippen molar-refractivity contribution in [3.8, 4) is 0 Å². The fourth-order valence-corrected chi connectivity index (χ4v) is 5.02. The molecule has 3 rings (SSSR count). The maximum atomic E-state index is 3.51. The molecular formula is C26H32. The van der Waals surface area contributed by atoms with Gasteiger partial charge in [-0.2, -0.15) is 0 Å². The van der Waals surface area contributed by atoms with Gasteiger partial charge in [0.15, 0.2) is 0 Å². The predicted octanol–water partition coefficient (Wildman–Crippen LogP) is 7.59. The normalized spacial score (nSPS) is 21.9. The molecule has 0 amide bonds. The predicted molar refractivity (Wildman–Crippen MR) is 114 cm³/mol. The zero-order chi connectivity index (χ0) is 19.6. The summed E-state index contributed by atoms with van der Waals surface area (Å²) in [6.07, 6.45) is 0. The van der Waals surface area contributed by atoms with Crippen LogP contribution in [0.4, 0.5) is 0 Å². The molecule has 0 aliphatic heterocycles. The first-order valence-corrected chi connectivity index (χ1v) is 9.66. The van der Waals surface area contributed by atoms with Crippen LogP contribution in [0.1, 0.15) is 80.4 Å². The van der Waals surface area contributed by atoms with Gasteiger partial charge < -0.3 is 0 Å².